The maximum Gasteiger partial charge on any atom is 0.141 e. The molecule has 3 heteroatoms. The van der Waals surface area contributed by atoms with E-state index in [4.69, 9.17) is 0 Å². The van der Waals surface area contributed by atoms with Crippen molar-refractivity contribution in [1.29, 1.82) is 0 Å². The molecule has 0 fully saturated rings. The first kappa shape index (κ1) is 9.76. The van der Waals surface area contributed by atoms with Gasteiger partial charge in [-0.3, -0.25) is 0 Å². The third kappa shape index (κ3) is 2.62. The molecule has 1 aromatic carbocycles. The summed E-state index contributed by atoms with van der Waals surface area (Å²) in [5.74, 6) is 0.496. The van der Waals surface area contributed by atoms with Crippen LogP contribution >= 0.6 is 8.46 Å². The lowest BCUT2D eigenvalue weighted by Gasteiger charge is -2.15. The molecule has 0 aliphatic rings. The van der Waals surface area contributed by atoms with Crippen LogP contribution in [-0.4, -0.2) is 14.0 Å². The van der Waals surface area contributed by atoms with Crippen molar-refractivity contribution in [1.82, 2.24) is 5.32 Å². The van der Waals surface area contributed by atoms with Crippen LogP contribution in [0.4, 0.5) is 0 Å². The average molecular weight is 178 g/mol. The minimum absolute atomic E-state index is 0.496. The fourth-order valence-electron chi connectivity index (χ4n) is 1.16. The van der Waals surface area contributed by atoms with Gasteiger partial charge in [-0.2, -0.15) is 0 Å². The van der Waals surface area contributed by atoms with Crippen molar-refractivity contribution < 1.29 is 0 Å². The number of hydrogen-bond donors (Lipinski definition) is 1. The van der Waals surface area contributed by atoms with Crippen LogP contribution in [0.1, 0.15) is 11.3 Å². The first-order valence-electron chi connectivity index (χ1n) is 4.14. The minimum atomic E-state index is 0.496. The van der Waals surface area contributed by atoms with Crippen LogP contribution in [0.3, 0.4) is 0 Å². The summed E-state index contributed by atoms with van der Waals surface area (Å²) in [6, 6.07) is 10.5. The van der Waals surface area contributed by atoms with Crippen molar-refractivity contribution in [3.05, 3.63) is 35.9 Å². The summed E-state index contributed by atoms with van der Waals surface area (Å²) in [5, 5.41) is 3.30. The van der Waals surface area contributed by atoms with Crippen LogP contribution in [0.2, 0.25) is 6.82 Å². The first-order chi connectivity index (χ1) is 5.88. The molecule has 0 amide bonds. The fourth-order valence-corrected chi connectivity index (χ4v) is 2.04. The van der Waals surface area contributed by atoms with Crippen molar-refractivity contribution in [3.63, 3.8) is 0 Å². The van der Waals surface area contributed by atoms with Gasteiger partial charge in [0.25, 0.3) is 0 Å². The highest BCUT2D eigenvalue weighted by Crippen LogP contribution is 2.29. The highest BCUT2D eigenvalue weighted by atomic mass is 31.1. The standard InChI is InChI=1S/C9H14BNP/c1-10-12-9(11-2)8-6-4-3-5-7-8/h3-7,9,11-12H,1-2H3. The molecule has 1 radical (unpaired) electrons. The fraction of sp³-hybridized carbons (Fsp3) is 0.333. The van der Waals surface area contributed by atoms with Gasteiger partial charge in [0.1, 0.15) is 7.00 Å². The van der Waals surface area contributed by atoms with Crippen LogP contribution in [-0.2, 0) is 0 Å². The second-order valence-corrected chi connectivity index (χ2v) is 4.08. The van der Waals surface area contributed by atoms with E-state index in [-0.39, 0.29) is 0 Å². The van der Waals surface area contributed by atoms with Gasteiger partial charge in [-0.25, -0.2) is 0 Å². The SMILES string of the molecule is C[B]PC(NC)c1ccccc1. The maximum absolute atomic E-state index is 3.30. The van der Waals surface area contributed by atoms with Crippen LogP contribution in [0.15, 0.2) is 30.3 Å². The second-order valence-electron chi connectivity index (χ2n) is 2.59. The van der Waals surface area contributed by atoms with Gasteiger partial charge in [-0.1, -0.05) is 37.2 Å². The summed E-state index contributed by atoms with van der Waals surface area (Å²) in [5.41, 5.74) is 1.37. The van der Waals surface area contributed by atoms with Crippen molar-refractivity contribution in [2.75, 3.05) is 7.05 Å². The van der Waals surface area contributed by atoms with E-state index in [1.54, 1.807) is 0 Å². The smallest absolute Gasteiger partial charge is 0.141 e. The van der Waals surface area contributed by atoms with E-state index < -0.39 is 0 Å². The van der Waals surface area contributed by atoms with Gasteiger partial charge in [0, 0.05) is 5.78 Å². The molecule has 2 unspecified atom stereocenters. The summed E-state index contributed by atoms with van der Waals surface area (Å²) in [7, 11) is 2.86. The summed E-state index contributed by atoms with van der Waals surface area (Å²) < 4.78 is 0. The average Bonchev–Trinajstić information content (AvgIpc) is 2.15. The second kappa shape index (κ2) is 5.34. The molecule has 1 N–H and O–H groups in total. The zero-order chi connectivity index (χ0) is 8.81. The lowest BCUT2D eigenvalue weighted by Crippen LogP contribution is -2.11. The molecule has 0 spiro atoms. The van der Waals surface area contributed by atoms with Gasteiger partial charge >= 0.3 is 0 Å². The predicted octanol–water partition coefficient (Wildman–Crippen LogP) is 2.25. The van der Waals surface area contributed by atoms with E-state index in [9.17, 15) is 0 Å². The summed E-state index contributed by atoms with van der Waals surface area (Å²) in [6.45, 7) is 4.32. The zero-order valence-corrected chi connectivity index (χ0v) is 8.54. The molecule has 2 atom stereocenters. The summed E-state index contributed by atoms with van der Waals surface area (Å²) in [6.07, 6.45) is 0. The predicted molar refractivity (Wildman–Crippen MR) is 58.2 cm³/mol. The molecular weight excluding hydrogens is 164 g/mol. The van der Waals surface area contributed by atoms with E-state index >= 15 is 0 Å². The number of rotatable bonds is 4. The Morgan fingerprint density at radius 3 is 2.50 bits per heavy atom. The quantitative estimate of drug-likeness (QED) is 0.550. The normalized spacial score (nSPS) is 13.5. The Morgan fingerprint density at radius 1 is 1.33 bits per heavy atom. The zero-order valence-electron chi connectivity index (χ0n) is 7.54. The van der Waals surface area contributed by atoms with Gasteiger partial charge in [0.2, 0.25) is 0 Å². The Balaban J connectivity index is 2.66. The van der Waals surface area contributed by atoms with Crippen LogP contribution < -0.4 is 5.32 Å². The van der Waals surface area contributed by atoms with Gasteiger partial charge in [0.05, 0.1) is 0 Å². The molecule has 63 valence electrons. The number of hydrogen-bond acceptors (Lipinski definition) is 1. The van der Waals surface area contributed by atoms with E-state index in [1.165, 1.54) is 5.56 Å². The maximum atomic E-state index is 3.30. The van der Waals surface area contributed by atoms with Gasteiger partial charge in [-0.15, -0.1) is 8.46 Å². The van der Waals surface area contributed by atoms with Crippen molar-refractivity contribution in [2.24, 2.45) is 0 Å². The van der Waals surface area contributed by atoms with Gasteiger partial charge in [0.15, 0.2) is 0 Å². The van der Waals surface area contributed by atoms with E-state index in [0.29, 0.717) is 5.78 Å². The van der Waals surface area contributed by atoms with Crippen LogP contribution in [0.5, 0.6) is 0 Å². The van der Waals surface area contributed by atoms with Crippen LogP contribution in [0.25, 0.3) is 0 Å². The van der Waals surface area contributed by atoms with Crippen molar-refractivity contribution in [3.8, 4) is 0 Å². The minimum Gasteiger partial charge on any atom is -0.310 e. The Morgan fingerprint density at radius 2 is 2.00 bits per heavy atom. The van der Waals surface area contributed by atoms with Gasteiger partial charge in [-0.05, 0) is 12.6 Å². The molecule has 1 nitrogen and oxygen atoms in total. The summed E-state index contributed by atoms with van der Waals surface area (Å²) in [4.78, 5) is 0. The van der Waals surface area contributed by atoms with Crippen LogP contribution in [0, 0.1) is 0 Å². The molecule has 0 aromatic heterocycles. The third-order valence-corrected chi connectivity index (χ3v) is 3.04. The highest BCUT2D eigenvalue weighted by molar-refractivity contribution is 7.71. The van der Waals surface area contributed by atoms with Crippen molar-refractivity contribution in [2.45, 2.75) is 12.6 Å². The molecule has 0 bridgehead atoms. The summed E-state index contributed by atoms with van der Waals surface area (Å²) >= 11 is 0. The topological polar surface area (TPSA) is 12.0 Å². The monoisotopic (exact) mass is 178 g/mol. The Hall–Kier alpha value is -0.325. The lowest BCUT2D eigenvalue weighted by molar-refractivity contribution is 0.793. The largest absolute Gasteiger partial charge is 0.310 e. The molecule has 0 saturated heterocycles. The number of benzene rings is 1. The Bertz CT molecular complexity index is 215. The van der Waals surface area contributed by atoms with E-state index in [1.807, 2.05) is 7.05 Å². The molecule has 0 heterocycles. The Labute approximate surface area is 76.9 Å². The molecule has 1 aromatic rings. The first-order valence-corrected chi connectivity index (χ1v) is 5.30. The van der Waals surface area contributed by atoms with Crippen molar-refractivity contribution >= 4 is 15.5 Å². The Kier molecular flexibility index (Phi) is 4.35. The molecule has 0 saturated carbocycles. The molecule has 1 rings (SSSR count). The van der Waals surface area contributed by atoms with E-state index in [0.717, 1.165) is 8.46 Å². The van der Waals surface area contributed by atoms with E-state index in [2.05, 4.69) is 49.5 Å². The molecule has 0 aliphatic carbocycles. The lowest BCUT2D eigenvalue weighted by atomic mass is 10.2. The van der Waals surface area contributed by atoms with Gasteiger partial charge < -0.3 is 5.32 Å². The molecular formula is C9H14BNP. The highest BCUT2D eigenvalue weighted by Gasteiger charge is 2.05. The number of nitrogens with one attached hydrogen (secondary N) is 1. The molecule has 12 heavy (non-hydrogen) atoms. The third-order valence-electron chi connectivity index (χ3n) is 1.75. The molecule has 0 aliphatic heterocycles.